The third kappa shape index (κ3) is 13.4. The largest absolute Gasteiger partial charge is 0.478 e. The van der Waals surface area contributed by atoms with E-state index in [4.69, 9.17) is 42.1 Å². The normalized spacial score (nSPS) is 15.6. The summed E-state index contributed by atoms with van der Waals surface area (Å²) in [4.78, 5) is 57.9. The molecule has 20 nitrogen and oxygen atoms in total. The van der Waals surface area contributed by atoms with Gasteiger partial charge in [-0.3, -0.25) is 9.13 Å². The lowest BCUT2D eigenvalue weighted by atomic mass is 9.87. The van der Waals surface area contributed by atoms with Crippen LogP contribution in [-0.2, 0) is 35.5 Å². The zero-order valence-electron chi connectivity index (χ0n) is 52.4. The molecule has 2 saturated heterocycles. The minimum Gasteiger partial charge on any atom is -0.478 e. The number of ether oxygens (including phenoxy) is 4. The van der Waals surface area contributed by atoms with Gasteiger partial charge in [0.1, 0.15) is 83.5 Å². The molecule has 0 saturated carbocycles. The van der Waals surface area contributed by atoms with E-state index in [1.54, 1.807) is 105 Å². The fourth-order valence-electron chi connectivity index (χ4n) is 11.9. The molecule has 12 aromatic rings. The van der Waals surface area contributed by atoms with Gasteiger partial charge < -0.3 is 38.3 Å². The number of hydrogen-bond acceptors (Lipinski definition) is 14. The van der Waals surface area contributed by atoms with Gasteiger partial charge in [-0.05, 0) is 71.8 Å². The summed E-state index contributed by atoms with van der Waals surface area (Å²) in [5, 5.41) is 20.0. The van der Waals surface area contributed by atoms with Gasteiger partial charge in [0.15, 0.2) is 11.6 Å². The number of hydrogen-bond donors (Lipinski definition) is 2. The smallest absolute Gasteiger partial charge is 0.335 e. The Morgan fingerprint density at radius 2 is 0.959 bits per heavy atom. The van der Waals surface area contributed by atoms with Crippen LogP contribution in [0.3, 0.4) is 0 Å². The molecule has 8 aromatic heterocycles. The molecular weight excluding hydrogens is 1320 g/mol. The van der Waals surface area contributed by atoms with Crippen molar-refractivity contribution < 1.29 is 65.1 Å². The maximum atomic E-state index is 15.7. The molecule has 0 bridgehead atoms. The van der Waals surface area contributed by atoms with Crippen molar-refractivity contribution in [2.75, 3.05) is 26.4 Å². The number of imidazole rings is 4. The first-order chi connectivity index (χ1) is 47.0. The van der Waals surface area contributed by atoms with E-state index >= 15 is 26.3 Å². The molecule has 2 unspecified atom stereocenters. The number of aromatic carboxylic acids is 2. The molecule has 0 spiro atoms. The summed E-state index contributed by atoms with van der Waals surface area (Å²) < 4.78 is 123. The second-order valence-corrected chi connectivity index (χ2v) is 25.6. The summed E-state index contributed by atoms with van der Waals surface area (Å²) in [7, 11) is 0. The van der Waals surface area contributed by atoms with Crippen molar-refractivity contribution in [2.45, 2.75) is 65.8 Å². The van der Waals surface area contributed by atoms with Gasteiger partial charge in [0, 0.05) is 107 Å². The van der Waals surface area contributed by atoms with Crippen molar-refractivity contribution in [3.8, 4) is 45.9 Å². The van der Waals surface area contributed by atoms with E-state index in [0.29, 0.717) is 46.0 Å². The summed E-state index contributed by atoms with van der Waals surface area (Å²) in [6.07, 6.45) is 12.7. The second-order valence-electron chi connectivity index (χ2n) is 24.8. The van der Waals surface area contributed by atoms with E-state index < -0.39 is 57.7 Å². The first-order valence-electron chi connectivity index (χ1n) is 30.4. The summed E-state index contributed by atoms with van der Waals surface area (Å²) in [6, 6.07) is 20.8. The third-order valence-electron chi connectivity index (χ3n) is 17.2. The van der Waals surface area contributed by atoms with Crippen molar-refractivity contribution in [3.63, 3.8) is 0 Å². The molecule has 0 aliphatic carbocycles. The SMILES string of the molecule is CC1(C)COCC1n1c(Cc2cc(F)c(-c3cccc(OCc4cnc(-n5ccnc5)cc4Cl)n3)cc2F)nc2c(F)cc(C(=O)O)cc21.CC1(C)COCC1n1c(Cc2cc(F)c(-c3cccc(OCc4cnc(-n5ccnc5)cc4Cl)n3)cc2F)nc2c(F)cc(C(=O)O)cc21. The predicted molar refractivity (Wildman–Crippen MR) is 347 cm³/mol. The third-order valence-corrected chi connectivity index (χ3v) is 17.9. The molecule has 2 N–H and O–H groups in total. The summed E-state index contributed by atoms with van der Waals surface area (Å²) in [5.74, 6) is -5.22. The Morgan fingerprint density at radius 3 is 1.32 bits per heavy atom. The zero-order chi connectivity index (χ0) is 68.9. The van der Waals surface area contributed by atoms with Crippen LogP contribution in [0.4, 0.5) is 26.3 Å². The lowest BCUT2D eigenvalue weighted by Gasteiger charge is -2.28. The van der Waals surface area contributed by atoms with Crippen molar-refractivity contribution in [2.24, 2.45) is 10.8 Å². The minimum absolute atomic E-state index is 0.0259. The second kappa shape index (κ2) is 26.8. The first-order valence-corrected chi connectivity index (χ1v) is 31.2. The minimum atomic E-state index is -1.30. The summed E-state index contributed by atoms with van der Waals surface area (Å²) in [6.45, 7) is 9.20. The molecule has 500 valence electrons. The van der Waals surface area contributed by atoms with Crippen LogP contribution in [0.15, 0.2) is 147 Å². The van der Waals surface area contributed by atoms with Crippen molar-refractivity contribution in [1.29, 1.82) is 0 Å². The lowest BCUT2D eigenvalue weighted by Crippen LogP contribution is -2.27. The number of carbonyl (C=O) groups is 2. The number of rotatable bonds is 18. The van der Waals surface area contributed by atoms with Crippen LogP contribution < -0.4 is 9.47 Å². The molecule has 2 atom stereocenters. The average molecular weight is 1380 g/mol. The highest BCUT2D eigenvalue weighted by atomic mass is 35.5. The number of aromatic nitrogens is 12. The monoisotopic (exact) mass is 1380 g/mol. The molecule has 10 heterocycles. The molecule has 2 aliphatic rings. The van der Waals surface area contributed by atoms with Gasteiger partial charge in [0.05, 0.1) is 82.1 Å². The molecule has 28 heteroatoms. The summed E-state index contributed by atoms with van der Waals surface area (Å²) >= 11 is 12.9. The highest BCUT2D eigenvalue weighted by Gasteiger charge is 2.41. The lowest BCUT2D eigenvalue weighted by molar-refractivity contribution is 0.0686. The van der Waals surface area contributed by atoms with Gasteiger partial charge in [-0.1, -0.05) is 63.0 Å². The van der Waals surface area contributed by atoms with E-state index in [1.165, 1.54) is 24.3 Å². The maximum absolute atomic E-state index is 15.7. The Kier molecular flexibility index (Phi) is 18.1. The molecule has 98 heavy (non-hydrogen) atoms. The number of carboxylic acid groups (broad SMARTS) is 2. The molecule has 4 aromatic carbocycles. The van der Waals surface area contributed by atoms with E-state index in [2.05, 4.69) is 39.9 Å². The average Bonchev–Trinajstić information content (AvgIpc) is 1.58. The van der Waals surface area contributed by atoms with Gasteiger partial charge in [0.2, 0.25) is 11.8 Å². The fourth-order valence-corrected chi connectivity index (χ4v) is 12.3. The van der Waals surface area contributed by atoms with Gasteiger partial charge in [0.25, 0.3) is 0 Å². The van der Waals surface area contributed by atoms with E-state index in [0.717, 1.165) is 36.4 Å². The molecule has 14 rings (SSSR count). The molecule has 0 amide bonds. The Morgan fingerprint density at radius 1 is 0.541 bits per heavy atom. The van der Waals surface area contributed by atoms with Crippen LogP contribution in [-0.4, -0.2) is 107 Å². The Bertz CT molecular complexity index is 4760. The molecule has 2 fully saturated rings. The number of benzene rings is 4. The summed E-state index contributed by atoms with van der Waals surface area (Å²) in [5.41, 5.74) is 0.211. The standard InChI is InChI=1S/2C35H28ClF3N6O4/c2*1-35(2)17-48-16-29(35)45-28-10-20(34(46)47)9-26(39)33(28)43-31(45)11-19-8-25(38)22(12-24(19)37)27-4-3-5-32(42-27)49-15-21-14-41-30(13-23(21)36)44-7-6-40-18-44/h2*3-10,12-14,18,29H,11,15-17H2,1-2H3,(H,46,47). The van der Waals surface area contributed by atoms with Crippen LogP contribution in [0, 0.1) is 45.7 Å². The quantitative estimate of drug-likeness (QED) is 0.0760. The van der Waals surface area contributed by atoms with Gasteiger partial charge in [-0.25, -0.2) is 75.8 Å². The molecule has 0 radical (unpaired) electrons. The topological polar surface area (TPSA) is 234 Å². The molecular formula is C70H56Cl2F6N12O8. The number of carboxylic acids is 2. The Balaban J connectivity index is 0.000000176. The first kappa shape index (κ1) is 66.1. The number of fused-ring (bicyclic) bond motifs is 2. The van der Waals surface area contributed by atoms with Crippen LogP contribution in [0.25, 0.3) is 56.2 Å². The van der Waals surface area contributed by atoms with Crippen molar-refractivity contribution in [1.82, 2.24) is 58.1 Å². The zero-order valence-corrected chi connectivity index (χ0v) is 53.9. The highest BCUT2D eigenvalue weighted by molar-refractivity contribution is 6.31. The predicted octanol–water partition coefficient (Wildman–Crippen LogP) is 14.4. The van der Waals surface area contributed by atoms with Crippen LogP contribution in [0.2, 0.25) is 10.0 Å². The van der Waals surface area contributed by atoms with E-state index in [9.17, 15) is 19.8 Å². The van der Waals surface area contributed by atoms with Crippen molar-refractivity contribution >= 4 is 57.2 Å². The van der Waals surface area contributed by atoms with Crippen molar-refractivity contribution in [3.05, 3.63) is 237 Å². The molecule has 2 aliphatic heterocycles. The van der Waals surface area contributed by atoms with Crippen LogP contribution in [0.5, 0.6) is 11.8 Å². The van der Waals surface area contributed by atoms with Gasteiger partial charge in [-0.2, -0.15) is 0 Å². The Labute approximate surface area is 563 Å². The highest BCUT2D eigenvalue weighted by Crippen LogP contribution is 2.43. The fraction of sp³-hybridized carbons (Fsp3) is 0.229. The number of nitrogens with zero attached hydrogens (tertiary/aromatic N) is 12. The number of halogens is 8. The Hall–Kier alpha value is -10.5. The van der Waals surface area contributed by atoms with Gasteiger partial charge >= 0.3 is 11.9 Å². The van der Waals surface area contributed by atoms with Crippen LogP contribution >= 0.6 is 23.2 Å². The maximum Gasteiger partial charge on any atom is 0.335 e. The van der Waals surface area contributed by atoms with Crippen LogP contribution in [0.1, 0.15) is 94.4 Å². The van der Waals surface area contributed by atoms with E-state index in [-0.39, 0.29) is 142 Å². The van der Waals surface area contributed by atoms with E-state index in [1.807, 2.05) is 27.7 Å². The number of pyridine rings is 4. The van der Waals surface area contributed by atoms with Gasteiger partial charge in [-0.15, -0.1) is 0 Å².